The molecule has 2 rings (SSSR count). The van der Waals surface area contributed by atoms with E-state index in [0.717, 1.165) is 11.1 Å². The van der Waals surface area contributed by atoms with Crippen molar-refractivity contribution in [1.82, 2.24) is 9.78 Å². The van der Waals surface area contributed by atoms with E-state index in [1.54, 1.807) is 23.9 Å². The minimum Gasteiger partial charge on any atom is -0.382 e. The molecular formula is C12H14N4O2. The second-order valence-corrected chi connectivity index (χ2v) is 4.27. The minimum atomic E-state index is -0.391. The number of nitro groups is 1. The molecule has 0 aliphatic carbocycles. The van der Waals surface area contributed by atoms with Gasteiger partial charge in [0.1, 0.15) is 5.82 Å². The van der Waals surface area contributed by atoms with Crippen molar-refractivity contribution in [3.8, 4) is 5.69 Å². The Morgan fingerprint density at radius 3 is 2.44 bits per heavy atom. The molecule has 1 aromatic heterocycles. The van der Waals surface area contributed by atoms with Crippen molar-refractivity contribution in [2.45, 2.75) is 20.8 Å². The Kier molecular flexibility index (Phi) is 2.78. The summed E-state index contributed by atoms with van der Waals surface area (Å²) >= 11 is 0. The predicted octanol–water partition coefficient (Wildman–Crippen LogP) is 2.29. The van der Waals surface area contributed by atoms with Crippen LogP contribution in [-0.4, -0.2) is 14.7 Å². The number of hydrogen-bond acceptors (Lipinski definition) is 4. The van der Waals surface area contributed by atoms with Gasteiger partial charge in [0.05, 0.1) is 16.2 Å². The van der Waals surface area contributed by atoms with Crippen molar-refractivity contribution in [1.29, 1.82) is 0 Å². The molecule has 1 heterocycles. The molecule has 0 unspecified atom stereocenters. The third-order valence-electron chi connectivity index (χ3n) is 2.97. The zero-order chi connectivity index (χ0) is 13.4. The zero-order valence-corrected chi connectivity index (χ0v) is 10.5. The van der Waals surface area contributed by atoms with Gasteiger partial charge >= 0.3 is 0 Å². The Balaban J connectivity index is 2.70. The number of nitrogens with two attached hydrogens (primary N) is 1. The minimum absolute atomic E-state index is 0.0855. The average molecular weight is 246 g/mol. The lowest BCUT2D eigenvalue weighted by molar-refractivity contribution is -0.385. The number of nitrogens with zero attached hydrogens (tertiary/aromatic N) is 3. The number of hydrogen-bond donors (Lipinski definition) is 1. The molecule has 0 saturated heterocycles. The molecule has 0 radical (unpaired) electrons. The van der Waals surface area contributed by atoms with Crippen LogP contribution < -0.4 is 5.73 Å². The van der Waals surface area contributed by atoms with E-state index in [4.69, 9.17) is 5.73 Å². The lowest BCUT2D eigenvalue weighted by Crippen LogP contribution is -2.04. The van der Waals surface area contributed by atoms with E-state index in [-0.39, 0.29) is 5.69 Å². The Bertz CT molecular complexity index is 612. The Hall–Kier alpha value is -2.37. The van der Waals surface area contributed by atoms with Crippen LogP contribution in [-0.2, 0) is 0 Å². The van der Waals surface area contributed by atoms with Crippen LogP contribution in [0.2, 0.25) is 0 Å². The van der Waals surface area contributed by atoms with Crippen LogP contribution in [0.3, 0.4) is 0 Å². The fourth-order valence-electron chi connectivity index (χ4n) is 1.96. The van der Waals surface area contributed by atoms with Crippen LogP contribution in [0.15, 0.2) is 18.3 Å². The summed E-state index contributed by atoms with van der Waals surface area (Å²) in [6, 6.07) is 3.22. The molecule has 0 amide bonds. The van der Waals surface area contributed by atoms with Gasteiger partial charge in [-0.05, 0) is 26.3 Å². The Labute approximate surface area is 104 Å². The molecule has 6 heteroatoms. The van der Waals surface area contributed by atoms with Gasteiger partial charge in [-0.2, -0.15) is 5.10 Å². The first-order chi connectivity index (χ1) is 8.41. The van der Waals surface area contributed by atoms with Crippen molar-refractivity contribution in [2.75, 3.05) is 5.73 Å². The Morgan fingerprint density at radius 2 is 1.94 bits per heavy atom. The average Bonchev–Trinajstić information content (AvgIpc) is 2.58. The number of anilines is 1. The summed E-state index contributed by atoms with van der Waals surface area (Å²) in [7, 11) is 0. The molecule has 2 N–H and O–H groups in total. The van der Waals surface area contributed by atoms with Crippen LogP contribution in [0.5, 0.6) is 0 Å². The monoisotopic (exact) mass is 246 g/mol. The summed E-state index contributed by atoms with van der Waals surface area (Å²) in [5, 5.41) is 15.1. The van der Waals surface area contributed by atoms with Crippen LogP contribution in [0, 0.1) is 30.9 Å². The van der Waals surface area contributed by atoms with E-state index >= 15 is 0 Å². The van der Waals surface area contributed by atoms with E-state index in [1.807, 2.05) is 13.8 Å². The number of aromatic nitrogens is 2. The standard InChI is InChI=1S/C12H14N4O2/c1-7-4-5-10(16(17)18)9(3)11(7)15-6-8(2)12(13)14-15/h4-6H,1-3H3,(H2,13,14). The van der Waals surface area contributed by atoms with E-state index < -0.39 is 4.92 Å². The molecule has 0 bridgehead atoms. The molecule has 1 aromatic carbocycles. The summed E-state index contributed by atoms with van der Waals surface area (Å²) in [5.74, 6) is 0.431. The van der Waals surface area contributed by atoms with Gasteiger partial charge in [0.25, 0.3) is 5.69 Å². The second kappa shape index (κ2) is 4.14. The number of nitrogen functional groups attached to an aromatic ring is 1. The number of nitro benzene ring substituents is 1. The summed E-state index contributed by atoms with van der Waals surface area (Å²) in [6.07, 6.45) is 1.77. The van der Waals surface area contributed by atoms with Crippen molar-refractivity contribution in [2.24, 2.45) is 0 Å². The number of aryl methyl sites for hydroxylation is 2. The third kappa shape index (κ3) is 1.81. The molecule has 0 spiro atoms. The number of benzene rings is 1. The van der Waals surface area contributed by atoms with Gasteiger partial charge in [-0.25, -0.2) is 4.68 Å². The highest BCUT2D eigenvalue weighted by Gasteiger charge is 2.18. The van der Waals surface area contributed by atoms with Gasteiger partial charge < -0.3 is 5.73 Å². The highest BCUT2D eigenvalue weighted by molar-refractivity contribution is 5.57. The van der Waals surface area contributed by atoms with Crippen molar-refractivity contribution < 1.29 is 4.92 Å². The molecule has 0 aliphatic heterocycles. The second-order valence-electron chi connectivity index (χ2n) is 4.27. The lowest BCUT2D eigenvalue weighted by atomic mass is 10.1. The molecule has 0 saturated carbocycles. The van der Waals surface area contributed by atoms with E-state index in [1.165, 1.54) is 6.07 Å². The van der Waals surface area contributed by atoms with Gasteiger partial charge in [-0.3, -0.25) is 10.1 Å². The van der Waals surface area contributed by atoms with Gasteiger partial charge in [-0.15, -0.1) is 0 Å². The summed E-state index contributed by atoms with van der Waals surface area (Å²) in [6.45, 7) is 5.45. The van der Waals surface area contributed by atoms with Gasteiger partial charge in [0.2, 0.25) is 0 Å². The molecule has 18 heavy (non-hydrogen) atoms. The highest BCUT2D eigenvalue weighted by Crippen LogP contribution is 2.28. The van der Waals surface area contributed by atoms with Crippen molar-refractivity contribution in [3.63, 3.8) is 0 Å². The van der Waals surface area contributed by atoms with E-state index in [0.29, 0.717) is 17.1 Å². The lowest BCUT2D eigenvalue weighted by Gasteiger charge is -2.09. The first-order valence-corrected chi connectivity index (χ1v) is 5.48. The molecule has 0 atom stereocenters. The molecule has 94 valence electrons. The SMILES string of the molecule is Cc1cn(-c2c(C)ccc([N+](=O)[O-])c2C)nc1N. The fraction of sp³-hybridized carbons (Fsp3) is 0.250. The van der Waals surface area contributed by atoms with Crippen LogP contribution in [0.1, 0.15) is 16.7 Å². The van der Waals surface area contributed by atoms with Crippen LogP contribution >= 0.6 is 0 Å². The maximum atomic E-state index is 10.9. The van der Waals surface area contributed by atoms with Gasteiger partial charge in [-0.1, -0.05) is 6.07 Å². The van der Waals surface area contributed by atoms with Crippen molar-refractivity contribution in [3.05, 3.63) is 45.1 Å². The topological polar surface area (TPSA) is 87.0 Å². The first-order valence-electron chi connectivity index (χ1n) is 5.48. The predicted molar refractivity (Wildman–Crippen MR) is 68.8 cm³/mol. The van der Waals surface area contributed by atoms with Crippen LogP contribution in [0.25, 0.3) is 5.69 Å². The highest BCUT2D eigenvalue weighted by atomic mass is 16.6. The Morgan fingerprint density at radius 1 is 1.28 bits per heavy atom. The summed E-state index contributed by atoms with van der Waals surface area (Å²) < 4.78 is 1.60. The van der Waals surface area contributed by atoms with Crippen molar-refractivity contribution >= 4 is 11.5 Å². The molecule has 0 aliphatic rings. The normalized spacial score (nSPS) is 10.6. The smallest absolute Gasteiger partial charge is 0.274 e. The molecule has 6 nitrogen and oxygen atoms in total. The summed E-state index contributed by atoms with van der Waals surface area (Å²) in [4.78, 5) is 10.5. The molecular weight excluding hydrogens is 232 g/mol. The maximum Gasteiger partial charge on any atom is 0.274 e. The fourth-order valence-corrected chi connectivity index (χ4v) is 1.96. The quantitative estimate of drug-likeness (QED) is 0.650. The maximum absolute atomic E-state index is 10.9. The first kappa shape index (κ1) is 12.1. The van der Waals surface area contributed by atoms with Gasteiger partial charge in [0.15, 0.2) is 0 Å². The number of rotatable bonds is 2. The molecule has 0 fully saturated rings. The third-order valence-corrected chi connectivity index (χ3v) is 2.97. The van der Waals surface area contributed by atoms with Gasteiger partial charge in [0, 0.05) is 17.8 Å². The summed E-state index contributed by atoms with van der Waals surface area (Å²) in [5.41, 5.74) is 8.86. The molecule has 2 aromatic rings. The van der Waals surface area contributed by atoms with E-state index in [2.05, 4.69) is 5.10 Å². The largest absolute Gasteiger partial charge is 0.382 e. The van der Waals surface area contributed by atoms with Crippen LogP contribution in [0.4, 0.5) is 11.5 Å². The zero-order valence-electron chi connectivity index (χ0n) is 10.5. The van der Waals surface area contributed by atoms with E-state index in [9.17, 15) is 10.1 Å².